The van der Waals surface area contributed by atoms with E-state index in [0.29, 0.717) is 31.6 Å². The van der Waals surface area contributed by atoms with Gasteiger partial charge in [-0.3, -0.25) is 4.79 Å². The van der Waals surface area contributed by atoms with Gasteiger partial charge in [-0.15, -0.1) is 0 Å². The summed E-state index contributed by atoms with van der Waals surface area (Å²) >= 11 is 15.1. The number of ether oxygens (including phenoxy) is 1. The number of aldehydes is 1. The second-order valence-electron chi connectivity index (χ2n) is 3.48. The zero-order valence-electron chi connectivity index (χ0n) is 8.99. The Hall–Kier alpha value is -1.03. The number of hydrogen-bond acceptors (Lipinski definition) is 2. The van der Waals surface area contributed by atoms with Crippen LogP contribution in [0, 0.1) is 0 Å². The summed E-state index contributed by atoms with van der Waals surface area (Å²) in [7, 11) is 0. The molecular formula is C13H7BrCl2O2. The number of carbonyl (C=O) groups excluding carboxylic acids is 1. The molecule has 0 saturated heterocycles. The quantitative estimate of drug-likeness (QED) is 0.700. The van der Waals surface area contributed by atoms with E-state index in [4.69, 9.17) is 27.9 Å². The lowest BCUT2D eigenvalue weighted by atomic mass is 10.2. The van der Waals surface area contributed by atoms with Crippen molar-refractivity contribution in [2.24, 2.45) is 0 Å². The first-order valence-corrected chi connectivity index (χ1v) is 6.52. The second-order valence-corrected chi connectivity index (χ2v) is 5.18. The van der Waals surface area contributed by atoms with Crippen LogP contribution in [0.3, 0.4) is 0 Å². The molecule has 0 atom stereocenters. The highest BCUT2D eigenvalue weighted by molar-refractivity contribution is 9.10. The van der Waals surface area contributed by atoms with Gasteiger partial charge in [-0.05, 0) is 52.3 Å². The minimum absolute atomic E-state index is 0.425. The SMILES string of the molecule is O=Cc1ccc(Oc2ccc(Cl)cc2Cl)c(Br)c1. The van der Waals surface area contributed by atoms with Crippen LogP contribution in [-0.2, 0) is 0 Å². The molecule has 2 nitrogen and oxygen atoms in total. The van der Waals surface area contributed by atoms with E-state index in [1.54, 1.807) is 36.4 Å². The lowest BCUT2D eigenvalue weighted by molar-refractivity contribution is 0.112. The van der Waals surface area contributed by atoms with E-state index >= 15 is 0 Å². The van der Waals surface area contributed by atoms with Crippen LogP contribution in [0.2, 0.25) is 10.0 Å². The Morgan fingerprint density at radius 1 is 1.06 bits per heavy atom. The smallest absolute Gasteiger partial charge is 0.150 e. The molecule has 0 heterocycles. The second kappa shape index (κ2) is 5.74. The van der Waals surface area contributed by atoms with Crippen LogP contribution >= 0.6 is 39.1 Å². The highest BCUT2D eigenvalue weighted by Crippen LogP contribution is 2.35. The molecule has 0 radical (unpaired) electrons. The predicted molar refractivity (Wildman–Crippen MR) is 76.1 cm³/mol. The van der Waals surface area contributed by atoms with E-state index in [2.05, 4.69) is 15.9 Å². The summed E-state index contributed by atoms with van der Waals surface area (Å²) in [5.41, 5.74) is 0.566. The maximum atomic E-state index is 10.6. The van der Waals surface area contributed by atoms with Crippen LogP contribution in [0.5, 0.6) is 11.5 Å². The molecule has 0 N–H and O–H groups in total. The maximum Gasteiger partial charge on any atom is 0.150 e. The highest BCUT2D eigenvalue weighted by atomic mass is 79.9. The molecular weight excluding hydrogens is 339 g/mol. The van der Waals surface area contributed by atoms with Gasteiger partial charge in [0.1, 0.15) is 17.8 Å². The van der Waals surface area contributed by atoms with Crippen LogP contribution in [0.4, 0.5) is 0 Å². The third kappa shape index (κ3) is 3.05. The molecule has 0 aliphatic rings. The van der Waals surface area contributed by atoms with Crippen molar-refractivity contribution in [3.63, 3.8) is 0 Å². The average molecular weight is 346 g/mol. The molecule has 0 saturated carbocycles. The lowest BCUT2D eigenvalue weighted by Gasteiger charge is -2.09. The Kier molecular flexibility index (Phi) is 4.27. The van der Waals surface area contributed by atoms with Crippen molar-refractivity contribution in [3.05, 3.63) is 56.5 Å². The largest absolute Gasteiger partial charge is 0.455 e. The minimum Gasteiger partial charge on any atom is -0.455 e. The van der Waals surface area contributed by atoms with Crippen LogP contribution in [-0.4, -0.2) is 6.29 Å². The summed E-state index contributed by atoms with van der Waals surface area (Å²) in [5.74, 6) is 1.07. The number of rotatable bonds is 3. The third-order valence-corrected chi connectivity index (χ3v) is 3.36. The van der Waals surface area contributed by atoms with Gasteiger partial charge in [0.2, 0.25) is 0 Å². The zero-order valence-corrected chi connectivity index (χ0v) is 12.1. The lowest BCUT2D eigenvalue weighted by Crippen LogP contribution is -1.88. The third-order valence-electron chi connectivity index (χ3n) is 2.21. The number of carbonyl (C=O) groups is 1. The molecule has 0 aliphatic heterocycles. The first kappa shape index (κ1) is 13.4. The van der Waals surface area contributed by atoms with E-state index in [0.717, 1.165) is 6.29 Å². The highest BCUT2D eigenvalue weighted by Gasteiger charge is 2.07. The van der Waals surface area contributed by atoms with Crippen molar-refractivity contribution in [3.8, 4) is 11.5 Å². The molecule has 0 bridgehead atoms. The van der Waals surface area contributed by atoms with Gasteiger partial charge in [-0.1, -0.05) is 23.2 Å². The molecule has 92 valence electrons. The van der Waals surface area contributed by atoms with Gasteiger partial charge in [0.25, 0.3) is 0 Å². The fourth-order valence-electron chi connectivity index (χ4n) is 1.35. The summed E-state index contributed by atoms with van der Waals surface area (Å²) in [4.78, 5) is 10.6. The van der Waals surface area contributed by atoms with Crippen LogP contribution < -0.4 is 4.74 Å². The first-order chi connectivity index (χ1) is 8.60. The first-order valence-electron chi connectivity index (χ1n) is 4.98. The average Bonchev–Trinajstić information content (AvgIpc) is 2.34. The van der Waals surface area contributed by atoms with Gasteiger partial charge in [0.15, 0.2) is 0 Å². The predicted octanol–water partition coefficient (Wildman–Crippen LogP) is 5.36. The normalized spacial score (nSPS) is 10.2. The molecule has 2 aromatic carbocycles. The van der Waals surface area contributed by atoms with Gasteiger partial charge in [0.05, 0.1) is 9.50 Å². The fourth-order valence-corrected chi connectivity index (χ4v) is 2.27. The van der Waals surface area contributed by atoms with E-state index < -0.39 is 0 Å². The topological polar surface area (TPSA) is 26.3 Å². The number of hydrogen-bond donors (Lipinski definition) is 0. The van der Waals surface area contributed by atoms with Crippen molar-refractivity contribution in [1.82, 2.24) is 0 Å². The molecule has 0 aromatic heterocycles. The fraction of sp³-hybridized carbons (Fsp3) is 0. The van der Waals surface area contributed by atoms with Gasteiger partial charge >= 0.3 is 0 Å². The maximum absolute atomic E-state index is 10.6. The van der Waals surface area contributed by atoms with Crippen LogP contribution in [0.25, 0.3) is 0 Å². The van der Waals surface area contributed by atoms with Gasteiger partial charge in [0, 0.05) is 10.6 Å². The molecule has 0 amide bonds. The number of halogens is 3. The molecule has 0 unspecified atom stereocenters. The van der Waals surface area contributed by atoms with Crippen molar-refractivity contribution in [1.29, 1.82) is 0 Å². The zero-order chi connectivity index (χ0) is 13.1. The van der Waals surface area contributed by atoms with Crippen molar-refractivity contribution < 1.29 is 9.53 Å². The monoisotopic (exact) mass is 344 g/mol. The Labute approximate surface area is 123 Å². The molecule has 5 heteroatoms. The van der Waals surface area contributed by atoms with E-state index in [-0.39, 0.29) is 0 Å². The van der Waals surface area contributed by atoms with E-state index in [1.807, 2.05) is 0 Å². The summed E-state index contributed by atoms with van der Waals surface area (Å²) in [6.45, 7) is 0. The van der Waals surface area contributed by atoms with Gasteiger partial charge < -0.3 is 4.74 Å². The Bertz CT molecular complexity index is 600. The Morgan fingerprint density at radius 3 is 2.39 bits per heavy atom. The van der Waals surface area contributed by atoms with Crippen LogP contribution in [0.1, 0.15) is 10.4 Å². The van der Waals surface area contributed by atoms with Crippen molar-refractivity contribution in [2.75, 3.05) is 0 Å². The Morgan fingerprint density at radius 2 is 1.78 bits per heavy atom. The van der Waals surface area contributed by atoms with Crippen molar-refractivity contribution in [2.45, 2.75) is 0 Å². The Balaban J connectivity index is 2.31. The van der Waals surface area contributed by atoms with Gasteiger partial charge in [-0.2, -0.15) is 0 Å². The standard InChI is InChI=1S/C13H7BrCl2O2/c14-10-5-8(7-17)1-3-12(10)18-13-4-2-9(15)6-11(13)16/h1-7H. The molecule has 2 aromatic rings. The van der Waals surface area contributed by atoms with E-state index in [9.17, 15) is 4.79 Å². The number of benzene rings is 2. The molecule has 0 spiro atoms. The molecule has 18 heavy (non-hydrogen) atoms. The van der Waals surface area contributed by atoms with Gasteiger partial charge in [-0.25, -0.2) is 0 Å². The summed E-state index contributed by atoms with van der Waals surface area (Å²) in [5, 5.41) is 0.969. The molecule has 2 rings (SSSR count). The van der Waals surface area contributed by atoms with Crippen molar-refractivity contribution >= 4 is 45.4 Å². The van der Waals surface area contributed by atoms with Crippen LogP contribution in [0.15, 0.2) is 40.9 Å². The van der Waals surface area contributed by atoms with E-state index in [1.165, 1.54) is 0 Å². The molecule has 0 fully saturated rings. The summed E-state index contributed by atoms with van der Waals surface area (Å²) in [6, 6.07) is 10.0. The summed E-state index contributed by atoms with van der Waals surface area (Å²) in [6.07, 6.45) is 0.768. The minimum atomic E-state index is 0.425. The molecule has 0 aliphatic carbocycles. The summed E-state index contributed by atoms with van der Waals surface area (Å²) < 4.78 is 6.32.